The Morgan fingerprint density at radius 3 is 2.55 bits per heavy atom. The number of aryl methyl sites for hydroxylation is 1. The highest BCUT2D eigenvalue weighted by atomic mass is 35.5. The molecule has 4 aromatic rings. The van der Waals surface area contributed by atoms with Gasteiger partial charge in [-0.1, -0.05) is 46.6 Å². The van der Waals surface area contributed by atoms with Crippen molar-refractivity contribution in [3.05, 3.63) is 81.4 Å². The summed E-state index contributed by atoms with van der Waals surface area (Å²) in [4.78, 5) is 29.2. The zero-order valence-electron chi connectivity index (χ0n) is 15.5. The molecule has 8 nitrogen and oxygen atoms in total. The first-order valence-electron chi connectivity index (χ1n) is 8.89. The van der Waals surface area contributed by atoms with Gasteiger partial charge in [-0.2, -0.15) is 0 Å². The standard InChI is InChI=1S/C20H17ClN6O2/c1-13-2-8-16(9-3-13)23-17(28)11-26-12-22-19-18(20(26)29)24-25-27(19)10-14-4-6-15(21)7-5-14/h2-9,12H,10-11H2,1H3,(H,23,28). The monoisotopic (exact) mass is 408 g/mol. The molecule has 2 aromatic carbocycles. The molecule has 0 unspecified atom stereocenters. The minimum Gasteiger partial charge on any atom is -0.325 e. The molecule has 146 valence electrons. The van der Waals surface area contributed by atoms with Crippen LogP contribution in [-0.4, -0.2) is 30.5 Å². The van der Waals surface area contributed by atoms with Crippen molar-refractivity contribution in [3.8, 4) is 0 Å². The van der Waals surface area contributed by atoms with E-state index in [9.17, 15) is 9.59 Å². The molecule has 9 heteroatoms. The Morgan fingerprint density at radius 2 is 1.83 bits per heavy atom. The van der Waals surface area contributed by atoms with Gasteiger partial charge >= 0.3 is 0 Å². The largest absolute Gasteiger partial charge is 0.325 e. The molecule has 2 aromatic heterocycles. The SMILES string of the molecule is Cc1ccc(NC(=O)Cn2cnc3c(nnn3Cc3ccc(Cl)cc3)c2=O)cc1. The van der Waals surface area contributed by atoms with Crippen molar-refractivity contribution in [3.63, 3.8) is 0 Å². The molecular weight excluding hydrogens is 392 g/mol. The van der Waals surface area contributed by atoms with Crippen molar-refractivity contribution in [1.29, 1.82) is 0 Å². The second-order valence-corrected chi connectivity index (χ2v) is 7.07. The molecule has 0 aliphatic heterocycles. The summed E-state index contributed by atoms with van der Waals surface area (Å²) in [5.41, 5.74) is 2.76. The fraction of sp³-hybridized carbons (Fsp3) is 0.150. The van der Waals surface area contributed by atoms with Gasteiger partial charge in [0.2, 0.25) is 5.91 Å². The maximum atomic E-state index is 12.7. The van der Waals surface area contributed by atoms with Crippen molar-refractivity contribution in [2.45, 2.75) is 20.0 Å². The normalized spacial score (nSPS) is 11.0. The molecule has 0 atom stereocenters. The first-order chi connectivity index (χ1) is 14.0. The van der Waals surface area contributed by atoms with E-state index in [0.717, 1.165) is 11.1 Å². The van der Waals surface area contributed by atoms with Crippen LogP contribution in [0.25, 0.3) is 11.2 Å². The predicted molar refractivity (Wildman–Crippen MR) is 110 cm³/mol. The number of rotatable bonds is 5. The molecule has 0 aliphatic rings. The molecular formula is C20H17ClN6O2. The minimum absolute atomic E-state index is 0.115. The molecule has 1 amide bonds. The number of carbonyl (C=O) groups excluding carboxylic acids is 1. The van der Waals surface area contributed by atoms with Crippen molar-refractivity contribution in [1.82, 2.24) is 24.5 Å². The van der Waals surface area contributed by atoms with E-state index in [0.29, 0.717) is 22.9 Å². The molecule has 0 saturated carbocycles. The van der Waals surface area contributed by atoms with Gasteiger partial charge in [0.1, 0.15) is 12.9 Å². The summed E-state index contributed by atoms with van der Waals surface area (Å²) in [6.07, 6.45) is 1.33. The average molecular weight is 409 g/mol. The Balaban J connectivity index is 1.53. The number of aromatic nitrogens is 5. The number of halogens is 1. The molecule has 0 aliphatic carbocycles. The van der Waals surface area contributed by atoms with Crippen LogP contribution >= 0.6 is 11.6 Å². The van der Waals surface area contributed by atoms with E-state index in [4.69, 9.17) is 11.6 Å². The smallest absolute Gasteiger partial charge is 0.283 e. The molecule has 4 rings (SSSR count). The zero-order chi connectivity index (χ0) is 20.4. The second-order valence-electron chi connectivity index (χ2n) is 6.64. The number of amides is 1. The van der Waals surface area contributed by atoms with Crippen LogP contribution in [0, 0.1) is 6.92 Å². The molecule has 29 heavy (non-hydrogen) atoms. The highest BCUT2D eigenvalue weighted by Gasteiger charge is 2.14. The maximum absolute atomic E-state index is 12.7. The summed E-state index contributed by atoms with van der Waals surface area (Å²) >= 11 is 5.90. The summed E-state index contributed by atoms with van der Waals surface area (Å²) in [5.74, 6) is -0.328. The van der Waals surface area contributed by atoms with Crippen LogP contribution < -0.4 is 10.9 Å². The lowest BCUT2D eigenvalue weighted by Crippen LogP contribution is -2.28. The summed E-state index contributed by atoms with van der Waals surface area (Å²) < 4.78 is 2.75. The van der Waals surface area contributed by atoms with Gasteiger partial charge in [0.05, 0.1) is 6.54 Å². The first-order valence-corrected chi connectivity index (χ1v) is 9.27. The van der Waals surface area contributed by atoms with Gasteiger partial charge in [-0.3, -0.25) is 14.2 Å². The molecule has 0 spiro atoms. The van der Waals surface area contributed by atoms with Gasteiger partial charge in [-0.15, -0.1) is 5.10 Å². The third-order valence-corrected chi connectivity index (χ3v) is 4.64. The number of hydrogen-bond acceptors (Lipinski definition) is 5. The Morgan fingerprint density at radius 1 is 1.10 bits per heavy atom. The number of carbonyl (C=O) groups is 1. The lowest BCUT2D eigenvalue weighted by Gasteiger charge is -2.07. The third kappa shape index (κ3) is 4.17. The van der Waals surface area contributed by atoms with Gasteiger partial charge in [0, 0.05) is 10.7 Å². The number of nitrogens with zero attached hydrogens (tertiary/aromatic N) is 5. The van der Waals surface area contributed by atoms with Gasteiger partial charge in [0.25, 0.3) is 5.56 Å². The average Bonchev–Trinajstić information content (AvgIpc) is 3.11. The minimum atomic E-state index is -0.420. The fourth-order valence-electron chi connectivity index (χ4n) is 2.86. The number of anilines is 1. The van der Waals surface area contributed by atoms with Crippen molar-refractivity contribution >= 4 is 34.4 Å². The van der Waals surface area contributed by atoms with Gasteiger partial charge in [-0.25, -0.2) is 9.67 Å². The Bertz CT molecular complexity index is 1230. The summed E-state index contributed by atoms with van der Waals surface area (Å²) in [7, 11) is 0. The number of nitrogens with one attached hydrogen (secondary N) is 1. The Kier molecular flexibility index (Phi) is 5.09. The molecule has 2 heterocycles. The topological polar surface area (TPSA) is 94.7 Å². The molecule has 0 saturated heterocycles. The van der Waals surface area contributed by atoms with Gasteiger partial charge < -0.3 is 5.32 Å². The van der Waals surface area contributed by atoms with Gasteiger partial charge in [0.15, 0.2) is 11.2 Å². The molecule has 0 bridgehead atoms. The third-order valence-electron chi connectivity index (χ3n) is 4.39. The van der Waals surface area contributed by atoms with Crippen molar-refractivity contribution in [2.75, 3.05) is 5.32 Å². The zero-order valence-corrected chi connectivity index (χ0v) is 16.3. The van der Waals surface area contributed by atoms with Crippen molar-refractivity contribution in [2.24, 2.45) is 0 Å². The number of fused-ring (bicyclic) bond motifs is 1. The first kappa shape index (κ1) is 18.8. The van der Waals surface area contributed by atoms with E-state index in [2.05, 4.69) is 20.6 Å². The van der Waals surface area contributed by atoms with Crippen LogP contribution in [0.3, 0.4) is 0 Å². The van der Waals surface area contributed by atoms with Crippen LogP contribution in [-0.2, 0) is 17.9 Å². The molecule has 0 fully saturated rings. The summed E-state index contributed by atoms with van der Waals surface area (Å²) in [6, 6.07) is 14.7. The lowest BCUT2D eigenvalue weighted by molar-refractivity contribution is -0.116. The van der Waals surface area contributed by atoms with Crippen molar-refractivity contribution < 1.29 is 4.79 Å². The van der Waals surface area contributed by atoms with E-state index in [-0.39, 0.29) is 18.0 Å². The second kappa shape index (κ2) is 7.84. The summed E-state index contributed by atoms with van der Waals surface area (Å²) in [5, 5.41) is 11.4. The van der Waals surface area contributed by atoms with Gasteiger partial charge in [-0.05, 0) is 36.8 Å². The fourth-order valence-corrected chi connectivity index (χ4v) is 2.99. The number of hydrogen-bond donors (Lipinski definition) is 1. The van der Waals surface area contributed by atoms with Crippen LogP contribution in [0.2, 0.25) is 5.02 Å². The van der Waals surface area contributed by atoms with Crippen LogP contribution in [0.5, 0.6) is 0 Å². The van der Waals surface area contributed by atoms with E-state index in [1.807, 2.05) is 31.2 Å². The van der Waals surface area contributed by atoms with E-state index in [1.54, 1.807) is 24.3 Å². The highest BCUT2D eigenvalue weighted by Crippen LogP contribution is 2.12. The van der Waals surface area contributed by atoms with Crippen LogP contribution in [0.15, 0.2) is 59.7 Å². The van der Waals surface area contributed by atoms with Crippen LogP contribution in [0.4, 0.5) is 5.69 Å². The molecule has 1 N–H and O–H groups in total. The Hall–Kier alpha value is -3.52. The van der Waals surface area contributed by atoms with Crippen LogP contribution in [0.1, 0.15) is 11.1 Å². The van der Waals surface area contributed by atoms with E-state index >= 15 is 0 Å². The quantitative estimate of drug-likeness (QED) is 0.547. The van der Waals surface area contributed by atoms with E-state index < -0.39 is 5.56 Å². The summed E-state index contributed by atoms with van der Waals surface area (Å²) in [6.45, 7) is 2.20. The number of benzene rings is 2. The molecule has 0 radical (unpaired) electrons. The predicted octanol–water partition coefficient (Wildman–Crippen LogP) is 2.64. The van der Waals surface area contributed by atoms with E-state index in [1.165, 1.54) is 15.6 Å². The lowest BCUT2D eigenvalue weighted by atomic mass is 10.2. The highest BCUT2D eigenvalue weighted by molar-refractivity contribution is 6.30. The maximum Gasteiger partial charge on any atom is 0.283 e. The Labute approximate surface area is 170 Å².